The molecule has 2 heterocycles. The number of hydrogen-bond acceptors (Lipinski definition) is 4. The van der Waals surface area contributed by atoms with E-state index in [-0.39, 0.29) is 23.2 Å². The third-order valence-corrected chi connectivity index (χ3v) is 5.58. The number of piperidine rings is 1. The number of likely N-dealkylation sites (tertiary alicyclic amines) is 1. The number of halogens is 1. The van der Waals surface area contributed by atoms with E-state index < -0.39 is 5.97 Å². The maximum atomic E-state index is 13.3. The Morgan fingerprint density at radius 1 is 1.21 bits per heavy atom. The Hall–Kier alpha value is -1.76. The molecule has 1 fully saturated rings. The molecule has 0 unspecified atom stereocenters. The number of fused-ring (bicyclic) bond motifs is 1. The van der Waals surface area contributed by atoms with Crippen LogP contribution in [0.4, 0.5) is 10.1 Å². The summed E-state index contributed by atoms with van der Waals surface area (Å²) in [7, 11) is 0. The summed E-state index contributed by atoms with van der Waals surface area (Å²) in [4.78, 5) is 26.8. The molecule has 0 saturated carbocycles. The van der Waals surface area contributed by atoms with E-state index in [4.69, 9.17) is 5.11 Å². The molecule has 1 amide bonds. The molecule has 3 rings (SSSR count). The lowest BCUT2D eigenvalue weighted by molar-refractivity contribution is -0.133. The maximum absolute atomic E-state index is 13.3. The van der Waals surface area contributed by atoms with Crippen LogP contribution in [0.5, 0.6) is 0 Å². The summed E-state index contributed by atoms with van der Waals surface area (Å²) in [6.45, 7) is 2.31. The zero-order valence-electron chi connectivity index (χ0n) is 13.4. The first-order valence-corrected chi connectivity index (χ1v) is 9.32. The van der Waals surface area contributed by atoms with Crippen LogP contribution >= 0.6 is 11.8 Å². The lowest BCUT2D eigenvalue weighted by Gasteiger charge is -2.38. The summed E-state index contributed by atoms with van der Waals surface area (Å²) in [5.41, 5.74) is 2.19. The standard InChI is InChI=1S/C17H21FN2O3S/c18-13-1-2-15-12(9-13)3-8-20(15)14-4-6-19(7-5-14)16(21)10-24-11-17(22)23/h1-2,9,14H,3-8,10-11H2,(H,22,23). The Kier molecular flexibility index (Phi) is 5.28. The van der Waals surface area contributed by atoms with Crippen molar-refractivity contribution >= 4 is 29.3 Å². The van der Waals surface area contributed by atoms with E-state index in [1.54, 1.807) is 6.07 Å². The molecule has 5 nitrogen and oxygen atoms in total. The van der Waals surface area contributed by atoms with Crippen LogP contribution in [-0.2, 0) is 16.0 Å². The Morgan fingerprint density at radius 3 is 2.67 bits per heavy atom. The first kappa shape index (κ1) is 17.1. The van der Waals surface area contributed by atoms with Gasteiger partial charge in [0.2, 0.25) is 5.91 Å². The number of carboxylic acids is 1. The Balaban J connectivity index is 1.51. The Labute approximate surface area is 144 Å². The molecule has 7 heteroatoms. The van der Waals surface area contributed by atoms with Crippen LogP contribution in [0.2, 0.25) is 0 Å². The predicted molar refractivity (Wildman–Crippen MR) is 92.0 cm³/mol. The van der Waals surface area contributed by atoms with Crippen molar-refractivity contribution in [2.75, 3.05) is 36.0 Å². The molecule has 0 spiro atoms. The van der Waals surface area contributed by atoms with Gasteiger partial charge in [-0.1, -0.05) is 0 Å². The van der Waals surface area contributed by atoms with Crippen molar-refractivity contribution in [3.8, 4) is 0 Å². The fourth-order valence-corrected chi connectivity index (χ4v) is 4.15. The first-order valence-electron chi connectivity index (χ1n) is 8.17. The van der Waals surface area contributed by atoms with Crippen LogP contribution in [-0.4, -0.2) is 59.1 Å². The molecular weight excluding hydrogens is 331 g/mol. The van der Waals surface area contributed by atoms with Crippen molar-refractivity contribution in [2.45, 2.75) is 25.3 Å². The second kappa shape index (κ2) is 7.42. The predicted octanol–water partition coefficient (Wildman–Crippen LogP) is 2.00. The summed E-state index contributed by atoms with van der Waals surface area (Å²) < 4.78 is 13.3. The van der Waals surface area contributed by atoms with Crippen molar-refractivity contribution in [3.05, 3.63) is 29.6 Å². The topological polar surface area (TPSA) is 60.9 Å². The highest BCUT2D eigenvalue weighted by molar-refractivity contribution is 8.00. The van der Waals surface area contributed by atoms with Crippen molar-refractivity contribution in [2.24, 2.45) is 0 Å². The zero-order valence-corrected chi connectivity index (χ0v) is 14.2. The molecule has 1 saturated heterocycles. The van der Waals surface area contributed by atoms with Gasteiger partial charge in [-0.25, -0.2) is 4.39 Å². The smallest absolute Gasteiger partial charge is 0.313 e. The van der Waals surface area contributed by atoms with E-state index in [2.05, 4.69) is 4.90 Å². The molecule has 0 bridgehead atoms. The minimum absolute atomic E-state index is 0.0172. The van der Waals surface area contributed by atoms with Crippen LogP contribution in [0.1, 0.15) is 18.4 Å². The number of nitrogens with zero attached hydrogens (tertiary/aromatic N) is 2. The molecule has 1 aromatic carbocycles. The fraction of sp³-hybridized carbons (Fsp3) is 0.529. The molecule has 24 heavy (non-hydrogen) atoms. The number of thioether (sulfide) groups is 1. The monoisotopic (exact) mass is 352 g/mol. The minimum Gasteiger partial charge on any atom is -0.481 e. The van der Waals surface area contributed by atoms with E-state index in [9.17, 15) is 14.0 Å². The first-order chi connectivity index (χ1) is 11.5. The van der Waals surface area contributed by atoms with Gasteiger partial charge in [0.1, 0.15) is 5.82 Å². The van der Waals surface area contributed by atoms with E-state index in [0.717, 1.165) is 48.8 Å². The second-order valence-electron chi connectivity index (χ2n) is 6.21. The van der Waals surface area contributed by atoms with Crippen LogP contribution in [0.25, 0.3) is 0 Å². The number of hydrogen-bond donors (Lipinski definition) is 1. The van der Waals surface area contributed by atoms with Gasteiger partial charge < -0.3 is 14.9 Å². The number of carbonyl (C=O) groups excluding carboxylic acids is 1. The number of rotatable bonds is 5. The summed E-state index contributed by atoms with van der Waals surface area (Å²) >= 11 is 1.14. The summed E-state index contributed by atoms with van der Waals surface area (Å²) in [5, 5.41) is 8.62. The number of carboxylic acid groups (broad SMARTS) is 1. The van der Waals surface area contributed by atoms with Gasteiger partial charge >= 0.3 is 5.97 Å². The molecule has 2 aliphatic rings. The normalized spacial score (nSPS) is 17.9. The molecular formula is C17H21FN2O3S. The SMILES string of the molecule is O=C(O)CSCC(=O)N1CCC(N2CCc3cc(F)ccc32)CC1. The van der Waals surface area contributed by atoms with Gasteiger partial charge in [-0.2, -0.15) is 0 Å². The summed E-state index contributed by atoms with van der Waals surface area (Å²) in [6.07, 6.45) is 2.66. The summed E-state index contributed by atoms with van der Waals surface area (Å²) in [6, 6.07) is 5.37. The molecule has 130 valence electrons. The van der Waals surface area contributed by atoms with Gasteiger partial charge in [-0.05, 0) is 43.0 Å². The molecule has 0 aliphatic carbocycles. The third-order valence-electron chi connectivity index (χ3n) is 4.68. The number of aliphatic carboxylic acids is 1. The van der Waals surface area contributed by atoms with Crippen molar-refractivity contribution in [1.82, 2.24) is 4.90 Å². The van der Waals surface area contributed by atoms with Crippen molar-refractivity contribution < 1.29 is 19.1 Å². The average Bonchev–Trinajstić information content (AvgIpc) is 2.97. The van der Waals surface area contributed by atoms with Crippen LogP contribution in [0.3, 0.4) is 0 Å². The second-order valence-corrected chi connectivity index (χ2v) is 7.20. The van der Waals surface area contributed by atoms with E-state index in [0.29, 0.717) is 19.1 Å². The number of benzene rings is 1. The van der Waals surface area contributed by atoms with Gasteiger partial charge in [-0.3, -0.25) is 9.59 Å². The van der Waals surface area contributed by atoms with Crippen molar-refractivity contribution in [3.63, 3.8) is 0 Å². The average molecular weight is 352 g/mol. The minimum atomic E-state index is -0.893. The van der Waals surface area contributed by atoms with Gasteiger partial charge in [0.25, 0.3) is 0 Å². The fourth-order valence-electron chi connectivity index (χ4n) is 3.52. The molecule has 2 aliphatic heterocycles. The van der Waals surface area contributed by atoms with E-state index in [1.165, 1.54) is 6.07 Å². The molecule has 1 aromatic rings. The molecule has 1 N–H and O–H groups in total. The molecule has 0 aromatic heterocycles. The van der Waals surface area contributed by atoms with Crippen molar-refractivity contribution in [1.29, 1.82) is 0 Å². The van der Waals surface area contributed by atoms with Gasteiger partial charge in [0.05, 0.1) is 11.5 Å². The number of amides is 1. The highest BCUT2D eigenvalue weighted by atomic mass is 32.2. The number of anilines is 1. The quantitative estimate of drug-likeness (QED) is 0.878. The van der Waals surface area contributed by atoms with E-state index >= 15 is 0 Å². The summed E-state index contributed by atoms with van der Waals surface area (Å²) in [5.74, 6) is -0.874. The van der Waals surface area contributed by atoms with Gasteiger partial charge in [0.15, 0.2) is 0 Å². The Bertz CT molecular complexity index is 632. The van der Waals surface area contributed by atoms with Gasteiger partial charge in [0, 0.05) is 31.4 Å². The van der Waals surface area contributed by atoms with Crippen LogP contribution in [0, 0.1) is 5.82 Å². The largest absolute Gasteiger partial charge is 0.481 e. The molecule has 0 atom stereocenters. The lowest BCUT2D eigenvalue weighted by Crippen LogP contribution is -2.47. The molecule has 0 radical (unpaired) electrons. The maximum Gasteiger partial charge on any atom is 0.313 e. The lowest BCUT2D eigenvalue weighted by atomic mass is 10.0. The van der Waals surface area contributed by atoms with Crippen LogP contribution in [0.15, 0.2) is 18.2 Å². The number of carbonyl (C=O) groups is 2. The van der Waals surface area contributed by atoms with Gasteiger partial charge in [-0.15, -0.1) is 11.8 Å². The van der Waals surface area contributed by atoms with Crippen LogP contribution < -0.4 is 4.90 Å². The van der Waals surface area contributed by atoms with E-state index in [1.807, 2.05) is 11.0 Å². The Morgan fingerprint density at radius 2 is 1.96 bits per heavy atom. The zero-order chi connectivity index (χ0) is 17.1. The third kappa shape index (κ3) is 3.83. The highest BCUT2D eigenvalue weighted by Crippen LogP contribution is 2.33. The highest BCUT2D eigenvalue weighted by Gasteiger charge is 2.30.